The van der Waals surface area contributed by atoms with Gasteiger partial charge < -0.3 is 9.64 Å². The molecule has 30 heavy (non-hydrogen) atoms. The van der Waals surface area contributed by atoms with Crippen molar-refractivity contribution in [2.75, 3.05) is 20.2 Å². The standard InChI is InChI=1S/C23H26FN3O3/c1-23(22(29)30-2)13-17(14-23)21(28)27-10-7-15(8-11-27)20-25-9-6-19(26-20)16-4-3-5-18(24)12-16/h3-6,9,12,15,17H,7-8,10-11,13-14H2,1-2H3. The van der Waals surface area contributed by atoms with Crippen LogP contribution in [0.25, 0.3) is 11.3 Å². The van der Waals surface area contributed by atoms with E-state index in [0.717, 1.165) is 24.2 Å². The maximum Gasteiger partial charge on any atom is 0.311 e. The van der Waals surface area contributed by atoms with Gasteiger partial charge in [-0.15, -0.1) is 0 Å². The van der Waals surface area contributed by atoms with Gasteiger partial charge in [-0.25, -0.2) is 14.4 Å². The number of hydrogen-bond donors (Lipinski definition) is 0. The number of nitrogens with zero attached hydrogens (tertiary/aromatic N) is 3. The van der Waals surface area contributed by atoms with E-state index in [4.69, 9.17) is 4.74 Å². The van der Waals surface area contributed by atoms with Crippen molar-refractivity contribution in [3.05, 3.63) is 48.2 Å². The summed E-state index contributed by atoms with van der Waals surface area (Å²) in [4.78, 5) is 35.6. The number of esters is 1. The quantitative estimate of drug-likeness (QED) is 0.719. The van der Waals surface area contributed by atoms with E-state index in [1.807, 2.05) is 17.9 Å². The maximum atomic E-state index is 13.5. The molecule has 6 nitrogen and oxygen atoms in total. The number of ether oxygens (including phenoxy) is 1. The molecule has 0 spiro atoms. The molecule has 1 saturated carbocycles. The van der Waals surface area contributed by atoms with Crippen LogP contribution < -0.4 is 0 Å². The smallest absolute Gasteiger partial charge is 0.311 e. The lowest BCUT2D eigenvalue weighted by Crippen LogP contribution is -2.51. The number of aromatic nitrogens is 2. The summed E-state index contributed by atoms with van der Waals surface area (Å²) in [7, 11) is 1.39. The molecule has 0 unspecified atom stereocenters. The largest absolute Gasteiger partial charge is 0.469 e. The number of hydrogen-bond acceptors (Lipinski definition) is 5. The predicted molar refractivity (Wildman–Crippen MR) is 109 cm³/mol. The molecule has 2 heterocycles. The predicted octanol–water partition coefficient (Wildman–Crippen LogP) is 3.58. The minimum Gasteiger partial charge on any atom is -0.469 e. The van der Waals surface area contributed by atoms with E-state index < -0.39 is 5.41 Å². The third-order valence-electron chi connectivity index (χ3n) is 6.39. The third kappa shape index (κ3) is 3.93. The summed E-state index contributed by atoms with van der Waals surface area (Å²) in [6.07, 6.45) is 4.40. The molecule has 0 atom stereocenters. The molecule has 7 heteroatoms. The van der Waals surface area contributed by atoms with Gasteiger partial charge in [-0.2, -0.15) is 0 Å². The van der Waals surface area contributed by atoms with Crippen molar-refractivity contribution in [1.82, 2.24) is 14.9 Å². The molecule has 1 aromatic carbocycles. The molecule has 0 N–H and O–H groups in total. The molecule has 0 radical (unpaired) electrons. The van der Waals surface area contributed by atoms with Crippen molar-refractivity contribution in [1.29, 1.82) is 0 Å². The molecule has 1 aliphatic heterocycles. The monoisotopic (exact) mass is 411 g/mol. The van der Waals surface area contributed by atoms with E-state index in [0.29, 0.717) is 31.6 Å². The van der Waals surface area contributed by atoms with Crippen molar-refractivity contribution in [2.45, 2.75) is 38.5 Å². The van der Waals surface area contributed by atoms with Crippen molar-refractivity contribution >= 4 is 11.9 Å². The van der Waals surface area contributed by atoms with E-state index >= 15 is 0 Å². The van der Waals surface area contributed by atoms with Crippen LogP contribution in [-0.2, 0) is 14.3 Å². The van der Waals surface area contributed by atoms with Crippen molar-refractivity contribution < 1.29 is 18.7 Å². The first-order valence-electron chi connectivity index (χ1n) is 10.4. The van der Waals surface area contributed by atoms with Gasteiger partial charge in [-0.05, 0) is 50.8 Å². The van der Waals surface area contributed by atoms with Crippen LogP contribution in [0, 0.1) is 17.2 Å². The zero-order valence-electron chi connectivity index (χ0n) is 17.3. The van der Waals surface area contributed by atoms with Crippen LogP contribution in [0.15, 0.2) is 36.5 Å². The highest BCUT2D eigenvalue weighted by atomic mass is 19.1. The van der Waals surface area contributed by atoms with Gasteiger partial charge in [0, 0.05) is 36.7 Å². The SMILES string of the molecule is COC(=O)C1(C)CC(C(=O)N2CCC(c3nccc(-c4cccc(F)c4)n3)CC2)C1. The first-order valence-corrected chi connectivity index (χ1v) is 10.4. The van der Waals surface area contributed by atoms with Crippen LogP contribution in [0.2, 0.25) is 0 Å². The van der Waals surface area contributed by atoms with Gasteiger partial charge in [0.05, 0.1) is 18.2 Å². The highest BCUT2D eigenvalue weighted by Gasteiger charge is 2.51. The van der Waals surface area contributed by atoms with E-state index in [2.05, 4.69) is 9.97 Å². The number of methoxy groups -OCH3 is 1. The molecule has 158 valence electrons. The fourth-order valence-corrected chi connectivity index (χ4v) is 4.61. The lowest BCUT2D eigenvalue weighted by molar-refractivity contribution is -0.164. The molecule has 2 aromatic rings. The number of carbonyl (C=O) groups excluding carboxylic acids is 2. The Morgan fingerprint density at radius 1 is 1.20 bits per heavy atom. The summed E-state index contributed by atoms with van der Waals surface area (Å²) < 4.78 is 18.4. The number of piperidine rings is 1. The molecule has 1 amide bonds. The van der Waals surface area contributed by atoms with E-state index in [1.54, 1.807) is 18.3 Å². The highest BCUT2D eigenvalue weighted by molar-refractivity contribution is 5.85. The molecule has 2 fully saturated rings. The Morgan fingerprint density at radius 3 is 2.60 bits per heavy atom. The summed E-state index contributed by atoms with van der Waals surface area (Å²) in [5.41, 5.74) is 0.901. The number of rotatable bonds is 4. The van der Waals surface area contributed by atoms with E-state index in [1.165, 1.54) is 19.2 Å². The van der Waals surface area contributed by atoms with Crippen LogP contribution in [0.4, 0.5) is 4.39 Å². The van der Waals surface area contributed by atoms with E-state index in [9.17, 15) is 14.0 Å². The summed E-state index contributed by atoms with van der Waals surface area (Å²) in [5, 5.41) is 0. The lowest BCUT2D eigenvalue weighted by atomic mass is 9.62. The number of carbonyl (C=O) groups is 2. The summed E-state index contributed by atoms with van der Waals surface area (Å²) >= 11 is 0. The Labute approximate surface area is 175 Å². The number of likely N-dealkylation sites (tertiary alicyclic amines) is 1. The molecule has 0 bridgehead atoms. The topological polar surface area (TPSA) is 72.4 Å². The fraction of sp³-hybridized carbons (Fsp3) is 0.478. The summed E-state index contributed by atoms with van der Waals surface area (Å²) in [5.74, 6) is 0.414. The second kappa shape index (κ2) is 8.13. The minimum absolute atomic E-state index is 0.0989. The number of benzene rings is 1. The first-order chi connectivity index (χ1) is 14.4. The van der Waals surface area contributed by atoms with Gasteiger partial charge >= 0.3 is 5.97 Å². The zero-order valence-corrected chi connectivity index (χ0v) is 17.3. The fourth-order valence-electron chi connectivity index (χ4n) is 4.61. The van der Waals surface area contributed by atoms with Crippen molar-refractivity contribution in [2.24, 2.45) is 11.3 Å². The zero-order chi connectivity index (χ0) is 21.3. The van der Waals surface area contributed by atoms with Crippen molar-refractivity contribution in [3.63, 3.8) is 0 Å². The average Bonchev–Trinajstić information content (AvgIpc) is 2.76. The number of amides is 1. The second-order valence-electron chi connectivity index (χ2n) is 8.57. The molecule has 2 aliphatic rings. The van der Waals surface area contributed by atoms with Crippen LogP contribution in [0.1, 0.15) is 44.3 Å². The first kappa shape index (κ1) is 20.4. The molecule has 1 aliphatic carbocycles. The van der Waals surface area contributed by atoms with Crippen LogP contribution in [0.3, 0.4) is 0 Å². The molecular weight excluding hydrogens is 385 g/mol. The molecule has 1 saturated heterocycles. The van der Waals surface area contributed by atoms with E-state index in [-0.39, 0.29) is 29.5 Å². The Morgan fingerprint density at radius 2 is 1.93 bits per heavy atom. The average molecular weight is 411 g/mol. The molecular formula is C23H26FN3O3. The summed E-state index contributed by atoms with van der Waals surface area (Å²) in [6.45, 7) is 3.17. The van der Waals surface area contributed by atoms with Gasteiger partial charge in [-0.3, -0.25) is 9.59 Å². The van der Waals surface area contributed by atoms with Gasteiger partial charge in [0.2, 0.25) is 5.91 Å². The van der Waals surface area contributed by atoms with Gasteiger partial charge in [0.15, 0.2) is 0 Å². The van der Waals surface area contributed by atoms with Crippen molar-refractivity contribution in [3.8, 4) is 11.3 Å². The second-order valence-corrected chi connectivity index (χ2v) is 8.57. The Kier molecular flexibility index (Phi) is 5.54. The Balaban J connectivity index is 1.36. The summed E-state index contributed by atoms with van der Waals surface area (Å²) in [6, 6.07) is 8.16. The van der Waals surface area contributed by atoms with Crippen LogP contribution in [-0.4, -0.2) is 46.9 Å². The number of halogens is 1. The molecule has 4 rings (SSSR count). The lowest BCUT2D eigenvalue weighted by Gasteiger charge is -2.44. The highest BCUT2D eigenvalue weighted by Crippen LogP contribution is 2.47. The Bertz CT molecular complexity index is 950. The van der Waals surface area contributed by atoms with Gasteiger partial charge in [0.25, 0.3) is 0 Å². The normalized spacial score (nSPS) is 24.2. The minimum atomic E-state index is -0.529. The van der Waals surface area contributed by atoms with Crippen LogP contribution >= 0.6 is 0 Å². The molecule has 1 aromatic heterocycles. The third-order valence-corrected chi connectivity index (χ3v) is 6.39. The maximum absolute atomic E-state index is 13.5. The van der Waals surface area contributed by atoms with Crippen LogP contribution in [0.5, 0.6) is 0 Å². The van der Waals surface area contributed by atoms with Gasteiger partial charge in [0.1, 0.15) is 11.6 Å². The van der Waals surface area contributed by atoms with Gasteiger partial charge in [-0.1, -0.05) is 12.1 Å². The Hall–Kier alpha value is -2.83.